The monoisotopic (exact) mass is 200 g/mol. The van der Waals surface area contributed by atoms with Crippen molar-refractivity contribution in [2.75, 3.05) is 0 Å². The van der Waals surface area contributed by atoms with Crippen molar-refractivity contribution >= 4 is 5.78 Å². The van der Waals surface area contributed by atoms with Crippen molar-refractivity contribution in [1.82, 2.24) is 4.98 Å². The van der Waals surface area contributed by atoms with Gasteiger partial charge in [-0.15, -0.1) is 0 Å². The van der Waals surface area contributed by atoms with Gasteiger partial charge in [-0.05, 0) is 6.07 Å². The highest BCUT2D eigenvalue weighted by Crippen LogP contribution is 2.22. The van der Waals surface area contributed by atoms with Crippen LogP contribution >= 0.6 is 0 Å². The highest BCUT2D eigenvalue weighted by Gasteiger charge is 2.40. The van der Waals surface area contributed by atoms with Gasteiger partial charge in [0.1, 0.15) is 6.07 Å². The van der Waals surface area contributed by atoms with Gasteiger partial charge in [-0.1, -0.05) is 0 Å². The van der Waals surface area contributed by atoms with Crippen LogP contribution in [0.5, 0.6) is 0 Å². The minimum Gasteiger partial charge on any atom is -0.284 e. The van der Waals surface area contributed by atoms with Crippen molar-refractivity contribution in [1.29, 1.82) is 5.26 Å². The van der Waals surface area contributed by atoms with Crippen LogP contribution in [0.4, 0.5) is 13.2 Å². The zero-order valence-electron chi connectivity index (χ0n) is 6.67. The van der Waals surface area contributed by atoms with Crippen molar-refractivity contribution in [2.24, 2.45) is 0 Å². The van der Waals surface area contributed by atoms with E-state index in [2.05, 4.69) is 4.98 Å². The molecular weight excluding hydrogens is 197 g/mol. The van der Waals surface area contributed by atoms with Crippen molar-refractivity contribution in [3.05, 3.63) is 29.6 Å². The molecule has 0 N–H and O–H groups in total. The number of Topliss-reactive ketones (excluding diaryl/α,β-unsaturated/α-hetero) is 1. The number of nitrogens with zero attached hydrogens (tertiary/aromatic N) is 2. The summed E-state index contributed by atoms with van der Waals surface area (Å²) in [5, 5.41) is 8.42. The normalized spacial score (nSPS) is 10.7. The second-order valence-corrected chi connectivity index (χ2v) is 2.36. The van der Waals surface area contributed by atoms with Crippen LogP contribution in [-0.2, 0) is 0 Å². The third kappa shape index (κ3) is 1.88. The summed E-state index contributed by atoms with van der Waals surface area (Å²) < 4.78 is 35.9. The maximum absolute atomic E-state index is 12.0. The molecule has 0 bridgehead atoms. The summed E-state index contributed by atoms with van der Waals surface area (Å²) in [6, 6.07) is 2.33. The first-order valence-electron chi connectivity index (χ1n) is 3.42. The largest absolute Gasteiger partial charge is 0.454 e. The second-order valence-electron chi connectivity index (χ2n) is 2.36. The van der Waals surface area contributed by atoms with E-state index in [0.717, 1.165) is 18.5 Å². The summed E-state index contributed by atoms with van der Waals surface area (Å²) in [7, 11) is 0. The van der Waals surface area contributed by atoms with Gasteiger partial charge < -0.3 is 0 Å². The standard InChI is InChI=1S/C8H3F3N2O/c9-8(10,11)7(14)6-1-2-13-4-5(6)3-12/h1-2,4H. The highest BCUT2D eigenvalue weighted by molar-refractivity contribution is 6.02. The molecule has 3 nitrogen and oxygen atoms in total. The number of carbonyl (C=O) groups is 1. The van der Waals surface area contributed by atoms with E-state index < -0.39 is 17.5 Å². The highest BCUT2D eigenvalue weighted by atomic mass is 19.4. The minimum atomic E-state index is -4.97. The van der Waals surface area contributed by atoms with Crippen LogP contribution in [0.3, 0.4) is 0 Å². The second kappa shape index (κ2) is 3.46. The lowest BCUT2D eigenvalue weighted by Crippen LogP contribution is -2.23. The number of hydrogen-bond acceptors (Lipinski definition) is 3. The predicted molar refractivity (Wildman–Crippen MR) is 39.3 cm³/mol. The molecule has 0 unspecified atom stereocenters. The van der Waals surface area contributed by atoms with Gasteiger partial charge in [0.25, 0.3) is 5.78 Å². The van der Waals surface area contributed by atoms with E-state index in [-0.39, 0.29) is 5.56 Å². The van der Waals surface area contributed by atoms with Crippen molar-refractivity contribution < 1.29 is 18.0 Å². The molecule has 14 heavy (non-hydrogen) atoms. The number of nitriles is 1. The zero-order valence-corrected chi connectivity index (χ0v) is 6.67. The third-order valence-electron chi connectivity index (χ3n) is 1.44. The molecule has 0 aliphatic rings. The lowest BCUT2D eigenvalue weighted by Gasteiger charge is -2.05. The lowest BCUT2D eigenvalue weighted by molar-refractivity contribution is -0.0885. The van der Waals surface area contributed by atoms with Crippen molar-refractivity contribution in [2.45, 2.75) is 6.18 Å². The van der Waals surface area contributed by atoms with E-state index in [9.17, 15) is 18.0 Å². The average Bonchev–Trinajstić information content (AvgIpc) is 2.15. The van der Waals surface area contributed by atoms with Gasteiger partial charge in [0, 0.05) is 18.0 Å². The fourth-order valence-corrected chi connectivity index (χ4v) is 0.834. The smallest absolute Gasteiger partial charge is 0.284 e. The maximum atomic E-state index is 12.0. The van der Waals surface area contributed by atoms with Crippen molar-refractivity contribution in [3.8, 4) is 6.07 Å². The molecule has 0 saturated carbocycles. The first-order chi connectivity index (χ1) is 6.46. The molecular formula is C8H3F3N2O. The van der Waals surface area contributed by atoms with Gasteiger partial charge in [0.15, 0.2) is 0 Å². The number of alkyl halides is 3. The van der Waals surface area contributed by atoms with Crippen LogP contribution < -0.4 is 0 Å². The molecule has 0 saturated heterocycles. The Morgan fingerprint density at radius 1 is 1.50 bits per heavy atom. The Bertz CT molecular complexity index is 406. The zero-order chi connectivity index (χ0) is 10.8. The van der Waals surface area contributed by atoms with Gasteiger partial charge in [0.05, 0.1) is 5.56 Å². The van der Waals surface area contributed by atoms with E-state index in [1.807, 2.05) is 0 Å². The first-order valence-corrected chi connectivity index (χ1v) is 3.42. The Labute approximate surface area is 76.8 Å². The quantitative estimate of drug-likeness (QED) is 0.648. The maximum Gasteiger partial charge on any atom is 0.454 e. The molecule has 0 aromatic carbocycles. The summed E-state index contributed by atoms with van der Waals surface area (Å²) in [4.78, 5) is 14.2. The number of carbonyl (C=O) groups excluding carboxylic acids is 1. The summed E-state index contributed by atoms with van der Waals surface area (Å²) in [6.45, 7) is 0. The summed E-state index contributed by atoms with van der Waals surface area (Å²) in [6.07, 6.45) is -3.02. The van der Waals surface area contributed by atoms with E-state index in [1.165, 1.54) is 6.07 Å². The molecule has 0 amide bonds. The van der Waals surface area contributed by atoms with Crippen LogP contribution in [0.25, 0.3) is 0 Å². The first kappa shape index (κ1) is 10.2. The van der Waals surface area contributed by atoms with Gasteiger partial charge in [-0.2, -0.15) is 18.4 Å². The Morgan fingerprint density at radius 3 is 2.64 bits per heavy atom. The number of halogens is 3. The molecule has 0 aliphatic heterocycles. The van der Waals surface area contributed by atoms with Crippen LogP contribution in [0, 0.1) is 11.3 Å². The van der Waals surface area contributed by atoms with Crippen LogP contribution in [0.2, 0.25) is 0 Å². The van der Waals surface area contributed by atoms with Crippen LogP contribution in [0.15, 0.2) is 18.5 Å². The van der Waals surface area contributed by atoms with Crippen molar-refractivity contribution in [3.63, 3.8) is 0 Å². The fraction of sp³-hybridized carbons (Fsp3) is 0.125. The van der Waals surface area contributed by atoms with E-state index in [4.69, 9.17) is 5.26 Å². The molecule has 1 rings (SSSR count). The molecule has 0 aliphatic carbocycles. The summed E-state index contributed by atoms with van der Waals surface area (Å²) in [5.74, 6) is -2.03. The predicted octanol–water partition coefficient (Wildman–Crippen LogP) is 1.70. The lowest BCUT2D eigenvalue weighted by atomic mass is 10.1. The minimum absolute atomic E-state index is 0.380. The molecule has 1 aromatic rings. The van der Waals surface area contributed by atoms with E-state index in [0.29, 0.717) is 0 Å². The molecule has 6 heteroatoms. The average molecular weight is 200 g/mol. The Morgan fingerprint density at radius 2 is 2.14 bits per heavy atom. The topological polar surface area (TPSA) is 53.8 Å². The Hall–Kier alpha value is -1.90. The molecule has 72 valence electrons. The number of aromatic nitrogens is 1. The number of pyridine rings is 1. The van der Waals surface area contributed by atoms with Gasteiger partial charge >= 0.3 is 6.18 Å². The number of ketones is 1. The van der Waals surface area contributed by atoms with Gasteiger partial charge in [-0.3, -0.25) is 9.78 Å². The molecule has 0 atom stereocenters. The molecule has 0 spiro atoms. The van der Waals surface area contributed by atoms with E-state index >= 15 is 0 Å². The molecule has 1 heterocycles. The summed E-state index contributed by atoms with van der Waals surface area (Å²) >= 11 is 0. The summed E-state index contributed by atoms with van der Waals surface area (Å²) in [5.41, 5.74) is -1.05. The fourth-order valence-electron chi connectivity index (χ4n) is 0.834. The SMILES string of the molecule is N#Cc1cnccc1C(=O)C(F)(F)F. The van der Waals surface area contributed by atoms with Crippen LogP contribution in [-0.4, -0.2) is 16.9 Å². The Balaban J connectivity index is 3.22. The number of rotatable bonds is 1. The number of hydrogen-bond donors (Lipinski definition) is 0. The van der Waals surface area contributed by atoms with Gasteiger partial charge in [0.2, 0.25) is 0 Å². The molecule has 0 fully saturated rings. The third-order valence-corrected chi connectivity index (χ3v) is 1.44. The molecule has 1 aromatic heterocycles. The van der Waals surface area contributed by atoms with Crippen LogP contribution in [0.1, 0.15) is 15.9 Å². The Kier molecular flexibility index (Phi) is 2.51. The van der Waals surface area contributed by atoms with E-state index in [1.54, 1.807) is 0 Å². The van der Waals surface area contributed by atoms with Gasteiger partial charge in [-0.25, -0.2) is 0 Å². The molecule has 0 radical (unpaired) electrons.